The number of hydrogen-bond donors (Lipinski definition) is 2. The SMILES string of the molecule is O=C(O)C1(Cc2cccc([N+](=O)[O-])c2F)CCNCC1. The van der Waals surface area contributed by atoms with Crippen LogP contribution < -0.4 is 5.32 Å². The highest BCUT2D eigenvalue weighted by atomic mass is 19.1. The highest BCUT2D eigenvalue weighted by Gasteiger charge is 2.40. The average Bonchev–Trinajstić information content (AvgIpc) is 2.41. The molecule has 0 spiro atoms. The Balaban J connectivity index is 2.34. The summed E-state index contributed by atoms with van der Waals surface area (Å²) >= 11 is 0. The van der Waals surface area contributed by atoms with E-state index in [0.717, 1.165) is 6.07 Å². The molecule has 1 aliphatic heterocycles. The number of nitro benzene ring substituents is 1. The van der Waals surface area contributed by atoms with Crippen LogP contribution in [0.25, 0.3) is 0 Å². The lowest BCUT2D eigenvalue weighted by atomic mass is 9.74. The van der Waals surface area contributed by atoms with Crippen molar-refractivity contribution in [3.05, 3.63) is 39.7 Å². The van der Waals surface area contributed by atoms with Gasteiger partial charge in [-0.3, -0.25) is 14.9 Å². The molecule has 0 aliphatic carbocycles. The van der Waals surface area contributed by atoms with Gasteiger partial charge >= 0.3 is 11.7 Å². The minimum Gasteiger partial charge on any atom is -0.481 e. The highest BCUT2D eigenvalue weighted by Crippen LogP contribution is 2.35. The van der Waals surface area contributed by atoms with E-state index in [9.17, 15) is 24.4 Å². The summed E-state index contributed by atoms with van der Waals surface area (Å²) in [6.45, 7) is 1.09. The van der Waals surface area contributed by atoms with Crippen LogP contribution in [0.1, 0.15) is 18.4 Å². The number of carbonyl (C=O) groups is 1. The van der Waals surface area contributed by atoms with Crippen LogP contribution in [0.5, 0.6) is 0 Å². The molecule has 108 valence electrons. The number of benzene rings is 1. The number of rotatable bonds is 4. The zero-order valence-electron chi connectivity index (χ0n) is 10.8. The third kappa shape index (κ3) is 2.62. The number of nitrogens with one attached hydrogen (secondary N) is 1. The second kappa shape index (κ2) is 5.54. The van der Waals surface area contributed by atoms with E-state index in [1.165, 1.54) is 12.1 Å². The fourth-order valence-electron chi connectivity index (χ4n) is 2.58. The molecule has 20 heavy (non-hydrogen) atoms. The summed E-state index contributed by atoms with van der Waals surface area (Å²) in [4.78, 5) is 21.4. The number of nitrogens with zero attached hydrogens (tertiary/aromatic N) is 1. The summed E-state index contributed by atoms with van der Waals surface area (Å²) < 4.78 is 14.1. The van der Waals surface area contributed by atoms with Crippen LogP contribution in [-0.4, -0.2) is 29.1 Å². The van der Waals surface area contributed by atoms with Gasteiger partial charge in [-0.15, -0.1) is 0 Å². The summed E-state index contributed by atoms with van der Waals surface area (Å²) in [5.74, 6) is -1.92. The van der Waals surface area contributed by atoms with Gasteiger partial charge in [0.15, 0.2) is 0 Å². The Morgan fingerprint density at radius 3 is 2.65 bits per heavy atom. The van der Waals surface area contributed by atoms with Crippen molar-refractivity contribution in [2.45, 2.75) is 19.3 Å². The number of carboxylic acid groups (broad SMARTS) is 1. The third-order valence-electron chi connectivity index (χ3n) is 3.80. The van der Waals surface area contributed by atoms with Crippen LogP contribution in [0.3, 0.4) is 0 Å². The van der Waals surface area contributed by atoms with Crippen LogP contribution in [0.2, 0.25) is 0 Å². The molecule has 1 aliphatic rings. The molecule has 2 N–H and O–H groups in total. The lowest BCUT2D eigenvalue weighted by molar-refractivity contribution is -0.387. The van der Waals surface area contributed by atoms with Gasteiger partial charge in [0.25, 0.3) is 0 Å². The van der Waals surface area contributed by atoms with Gasteiger partial charge in [0.1, 0.15) is 0 Å². The molecule has 0 radical (unpaired) electrons. The maximum absolute atomic E-state index is 14.1. The van der Waals surface area contributed by atoms with E-state index < -0.39 is 27.8 Å². The maximum Gasteiger partial charge on any atom is 0.310 e. The monoisotopic (exact) mass is 282 g/mol. The second-order valence-electron chi connectivity index (χ2n) is 5.02. The quantitative estimate of drug-likeness (QED) is 0.648. The predicted octanol–water partition coefficient (Wildman–Crippen LogP) is 1.73. The molecule has 0 atom stereocenters. The van der Waals surface area contributed by atoms with Gasteiger partial charge in [0.2, 0.25) is 5.82 Å². The fourth-order valence-corrected chi connectivity index (χ4v) is 2.58. The topological polar surface area (TPSA) is 92.5 Å². The summed E-state index contributed by atoms with van der Waals surface area (Å²) in [5.41, 5.74) is -1.58. The minimum absolute atomic E-state index is 0.0302. The van der Waals surface area contributed by atoms with Crippen LogP contribution in [0.15, 0.2) is 18.2 Å². The first kappa shape index (κ1) is 14.4. The summed E-state index contributed by atoms with van der Waals surface area (Å²) in [7, 11) is 0. The first-order valence-corrected chi connectivity index (χ1v) is 6.32. The Bertz CT molecular complexity index is 541. The molecule has 0 unspecified atom stereocenters. The van der Waals surface area contributed by atoms with Crippen molar-refractivity contribution in [1.82, 2.24) is 5.32 Å². The summed E-state index contributed by atoms with van der Waals surface area (Å²) in [6, 6.07) is 3.87. The lowest BCUT2D eigenvalue weighted by Gasteiger charge is -2.33. The van der Waals surface area contributed by atoms with Gasteiger partial charge in [-0.25, -0.2) is 0 Å². The zero-order valence-corrected chi connectivity index (χ0v) is 10.8. The first-order chi connectivity index (χ1) is 9.46. The van der Waals surface area contributed by atoms with Gasteiger partial charge in [0.05, 0.1) is 10.3 Å². The van der Waals surface area contributed by atoms with Crippen molar-refractivity contribution in [3.8, 4) is 0 Å². The number of carboxylic acids is 1. The molecule has 1 heterocycles. The molecule has 6 nitrogen and oxygen atoms in total. The molecule has 1 aromatic carbocycles. The largest absolute Gasteiger partial charge is 0.481 e. The summed E-state index contributed by atoms with van der Waals surface area (Å²) in [6.07, 6.45) is 0.729. The number of hydrogen-bond acceptors (Lipinski definition) is 4. The van der Waals surface area contributed by atoms with Crippen molar-refractivity contribution in [2.24, 2.45) is 5.41 Å². The molecule has 1 aromatic rings. The third-order valence-corrected chi connectivity index (χ3v) is 3.80. The maximum atomic E-state index is 14.1. The van der Waals surface area contributed by atoms with E-state index in [1.807, 2.05) is 0 Å². The van der Waals surface area contributed by atoms with Crippen LogP contribution in [0, 0.1) is 21.3 Å². The number of aliphatic carboxylic acids is 1. The standard InChI is InChI=1S/C13H15FN2O4/c14-11-9(2-1-3-10(11)16(19)20)8-13(12(17)18)4-6-15-7-5-13/h1-3,15H,4-8H2,(H,17,18). The Labute approximate surface area is 114 Å². The first-order valence-electron chi connectivity index (χ1n) is 6.32. The van der Waals surface area contributed by atoms with E-state index in [4.69, 9.17) is 0 Å². The zero-order chi connectivity index (χ0) is 14.8. The molecular weight excluding hydrogens is 267 g/mol. The van der Waals surface area contributed by atoms with E-state index >= 15 is 0 Å². The molecule has 2 rings (SSSR count). The number of halogens is 1. The molecule has 0 bridgehead atoms. The van der Waals surface area contributed by atoms with Crippen molar-refractivity contribution in [2.75, 3.05) is 13.1 Å². The summed E-state index contributed by atoms with van der Waals surface area (Å²) in [5, 5.41) is 23.2. The molecule has 1 saturated heterocycles. The van der Waals surface area contributed by atoms with Crippen LogP contribution in [-0.2, 0) is 11.2 Å². The normalized spacial score (nSPS) is 17.6. The van der Waals surface area contributed by atoms with Gasteiger partial charge in [0, 0.05) is 6.07 Å². The van der Waals surface area contributed by atoms with Gasteiger partial charge in [-0.2, -0.15) is 4.39 Å². The van der Waals surface area contributed by atoms with Gasteiger partial charge in [-0.05, 0) is 37.9 Å². The fraction of sp³-hybridized carbons (Fsp3) is 0.462. The highest BCUT2D eigenvalue weighted by molar-refractivity contribution is 5.75. The molecular formula is C13H15FN2O4. The second-order valence-corrected chi connectivity index (χ2v) is 5.02. The van der Waals surface area contributed by atoms with E-state index in [-0.39, 0.29) is 12.0 Å². The molecule has 1 fully saturated rings. The average molecular weight is 282 g/mol. The molecule has 0 amide bonds. The van der Waals surface area contributed by atoms with Crippen molar-refractivity contribution in [3.63, 3.8) is 0 Å². The number of nitro groups is 1. The van der Waals surface area contributed by atoms with E-state index in [2.05, 4.69) is 5.32 Å². The van der Waals surface area contributed by atoms with Crippen LogP contribution in [0.4, 0.5) is 10.1 Å². The smallest absolute Gasteiger partial charge is 0.310 e. The van der Waals surface area contributed by atoms with Gasteiger partial charge in [-0.1, -0.05) is 12.1 Å². The minimum atomic E-state index is -1.05. The Morgan fingerprint density at radius 2 is 2.10 bits per heavy atom. The van der Waals surface area contributed by atoms with E-state index in [0.29, 0.717) is 25.9 Å². The molecule has 7 heteroatoms. The molecule has 0 aromatic heterocycles. The Kier molecular flexibility index (Phi) is 3.99. The molecule has 0 saturated carbocycles. The predicted molar refractivity (Wildman–Crippen MR) is 68.9 cm³/mol. The number of piperidine rings is 1. The van der Waals surface area contributed by atoms with E-state index in [1.54, 1.807) is 0 Å². The van der Waals surface area contributed by atoms with Crippen molar-refractivity contribution in [1.29, 1.82) is 0 Å². The Hall–Kier alpha value is -2.02. The van der Waals surface area contributed by atoms with Crippen molar-refractivity contribution < 1.29 is 19.2 Å². The Morgan fingerprint density at radius 1 is 1.45 bits per heavy atom. The van der Waals surface area contributed by atoms with Crippen molar-refractivity contribution >= 4 is 11.7 Å². The lowest BCUT2D eigenvalue weighted by Crippen LogP contribution is -2.43. The van der Waals surface area contributed by atoms with Gasteiger partial charge < -0.3 is 10.4 Å². The van der Waals surface area contributed by atoms with Crippen LogP contribution >= 0.6 is 0 Å².